The van der Waals surface area contributed by atoms with Crippen molar-refractivity contribution in [2.45, 2.75) is 12.4 Å². The van der Waals surface area contributed by atoms with Crippen LogP contribution in [0.25, 0.3) is 16.7 Å². The molecule has 146 valence electrons. The fourth-order valence-corrected chi connectivity index (χ4v) is 3.14. The molecule has 0 atom stereocenters. The highest BCUT2D eigenvalue weighted by atomic mass is 35.5. The van der Waals surface area contributed by atoms with E-state index in [-0.39, 0.29) is 0 Å². The van der Waals surface area contributed by atoms with Gasteiger partial charge in [0.25, 0.3) is 0 Å². The van der Waals surface area contributed by atoms with Crippen molar-refractivity contribution in [3.8, 4) is 17.6 Å². The molecule has 0 spiro atoms. The molecule has 0 aliphatic rings. The number of nitriles is 1. The molecule has 5 nitrogen and oxygen atoms in total. The summed E-state index contributed by atoms with van der Waals surface area (Å²) in [6, 6.07) is 2.74. The van der Waals surface area contributed by atoms with Gasteiger partial charge in [0.15, 0.2) is 11.3 Å². The van der Waals surface area contributed by atoms with Crippen molar-refractivity contribution in [2.75, 3.05) is 0 Å². The highest BCUT2D eigenvalue weighted by Crippen LogP contribution is 2.41. The fraction of sp³-hybridized carbons (Fsp3) is 0.133. The third kappa shape index (κ3) is 3.29. The van der Waals surface area contributed by atoms with Crippen molar-refractivity contribution in [1.29, 1.82) is 5.26 Å². The van der Waals surface area contributed by atoms with Gasteiger partial charge < -0.3 is 5.11 Å². The molecular weight excluding hydrogens is 437 g/mol. The number of rotatable bonds is 1. The summed E-state index contributed by atoms with van der Waals surface area (Å²) >= 11 is 11.7. The van der Waals surface area contributed by atoms with Crippen LogP contribution < -0.4 is 0 Å². The second kappa shape index (κ2) is 6.42. The van der Waals surface area contributed by atoms with E-state index >= 15 is 0 Å². The predicted octanol–water partition coefficient (Wildman–Crippen LogP) is 5.34. The van der Waals surface area contributed by atoms with E-state index in [9.17, 15) is 31.4 Å². The van der Waals surface area contributed by atoms with Crippen molar-refractivity contribution in [1.82, 2.24) is 14.8 Å². The van der Waals surface area contributed by atoms with Crippen LogP contribution in [0, 0.1) is 11.3 Å². The molecule has 0 aliphatic heterocycles. The lowest BCUT2D eigenvalue weighted by atomic mass is 10.1. The highest BCUT2D eigenvalue weighted by molar-refractivity contribution is 6.38. The molecule has 1 N–H and O–H groups in total. The minimum absolute atomic E-state index is 0.297. The quantitative estimate of drug-likeness (QED) is 0.518. The van der Waals surface area contributed by atoms with Crippen LogP contribution in [0.2, 0.25) is 10.0 Å². The average Bonchev–Trinajstić information content (AvgIpc) is 2.90. The van der Waals surface area contributed by atoms with E-state index in [1.807, 2.05) is 0 Å². The molecule has 2 heterocycles. The van der Waals surface area contributed by atoms with E-state index in [4.69, 9.17) is 28.5 Å². The number of hydrogen-bond acceptors (Lipinski definition) is 4. The van der Waals surface area contributed by atoms with Crippen molar-refractivity contribution < 1.29 is 31.4 Å². The Morgan fingerprint density at radius 3 is 2.04 bits per heavy atom. The first-order chi connectivity index (χ1) is 12.8. The largest absolute Gasteiger partial charge is 0.493 e. The van der Waals surface area contributed by atoms with E-state index in [0.29, 0.717) is 22.9 Å². The molecule has 0 bridgehead atoms. The van der Waals surface area contributed by atoms with E-state index in [0.717, 1.165) is 0 Å². The van der Waals surface area contributed by atoms with Crippen LogP contribution in [0.3, 0.4) is 0 Å². The normalized spacial score (nSPS) is 12.4. The molecule has 0 saturated carbocycles. The number of nitrogens with zero attached hydrogens (tertiary/aromatic N) is 4. The number of pyridine rings is 1. The summed E-state index contributed by atoms with van der Waals surface area (Å²) in [4.78, 5) is 3.51. The molecule has 3 rings (SSSR count). The highest BCUT2D eigenvalue weighted by Gasteiger charge is 2.37. The Morgan fingerprint density at radius 1 is 1.00 bits per heavy atom. The molecule has 0 unspecified atom stereocenters. The summed E-state index contributed by atoms with van der Waals surface area (Å²) in [7, 11) is 0. The Hall–Kier alpha value is -2.71. The monoisotopic (exact) mass is 440 g/mol. The summed E-state index contributed by atoms with van der Waals surface area (Å²) in [5, 5.41) is 20.4. The predicted molar refractivity (Wildman–Crippen MR) is 85.3 cm³/mol. The van der Waals surface area contributed by atoms with Gasteiger partial charge in [0.2, 0.25) is 5.88 Å². The number of benzene rings is 1. The SMILES string of the molecule is N#Cc1nn(-c2c(Cl)cc(C(F)(F)F)cc2Cl)c2nc(O)cc(C(F)(F)F)c12. The Balaban J connectivity index is 2.41. The van der Waals surface area contributed by atoms with Crippen molar-refractivity contribution in [3.63, 3.8) is 0 Å². The van der Waals surface area contributed by atoms with Crippen LogP contribution in [0.15, 0.2) is 18.2 Å². The number of hydrogen-bond donors (Lipinski definition) is 1. The van der Waals surface area contributed by atoms with Crippen LogP contribution in [-0.2, 0) is 12.4 Å². The summed E-state index contributed by atoms with van der Waals surface area (Å²) in [6.07, 6.45) is -9.76. The summed E-state index contributed by atoms with van der Waals surface area (Å²) in [5.41, 5.74) is -4.43. The first kappa shape index (κ1) is 20.0. The standard InChI is InChI=1S/C15H4Cl2F6N4O/c16-7-1-5(14(18,19)20)2-8(17)12(7)27-13-11(9(4-24)26-27)6(15(21,22)23)3-10(28)25-13/h1-3H,(H,25,28). The lowest BCUT2D eigenvalue weighted by Crippen LogP contribution is -2.08. The Kier molecular flexibility index (Phi) is 4.60. The van der Waals surface area contributed by atoms with E-state index in [1.165, 1.54) is 6.07 Å². The molecule has 13 heteroatoms. The summed E-state index contributed by atoms with van der Waals surface area (Å²) in [6.45, 7) is 0. The maximum atomic E-state index is 13.3. The third-order valence-corrected chi connectivity index (χ3v) is 4.17. The van der Waals surface area contributed by atoms with Crippen molar-refractivity contribution >= 4 is 34.2 Å². The molecule has 0 saturated heterocycles. The molecule has 3 aromatic rings. The molecule has 0 radical (unpaired) electrons. The lowest BCUT2D eigenvalue weighted by molar-refractivity contribution is -0.138. The second-order valence-corrected chi connectivity index (χ2v) is 6.20. The smallest absolute Gasteiger partial charge is 0.417 e. The topological polar surface area (TPSA) is 74.7 Å². The fourth-order valence-electron chi connectivity index (χ4n) is 2.49. The van der Waals surface area contributed by atoms with Gasteiger partial charge in [-0.2, -0.15) is 41.7 Å². The number of aromatic nitrogens is 3. The Bertz CT molecular complexity index is 1120. The number of aromatic hydroxyl groups is 1. The van der Waals surface area contributed by atoms with Crippen molar-refractivity contribution in [2.24, 2.45) is 0 Å². The third-order valence-electron chi connectivity index (χ3n) is 3.59. The first-order valence-electron chi connectivity index (χ1n) is 7.01. The zero-order chi connectivity index (χ0) is 21.0. The zero-order valence-corrected chi connectivity index (χ0v) is 14.5. The van der Waals surface area contributed by atoms with Gasteiger partial charge in [-0.15, -0.1) is 0 Å². The Morgan fingerprint density at radius 2 is 1.57 bits per heavy atom. The second-order valence-electron chi connectivity index (χ2n) is 5.38. The van der Waals surface area contributed by atoms with Crippen LogP contribution in [0.4, 0.5) is 26.3 Å². The van der Waals surface area contributed by atoms with E-state index in [1.54, 1.807) is 0 Å². The summed E-state index contributed by atoms with van der Waals surface area (Å²) in [5.74, 6) is -1.05. The Labute approximate surface area is 161 Å². The molecule has 28 heavy (non-hydrogen) atoms. The minimum atomic E-state index is -4.98. The van der Waals surface area contributed by atoms with Gasteiger partial charge in [-0.25, -0.2) is 4.68 Å². The van der Waals surface area contributed by atoms with Gasteiger partial charge in [0, 0.05) is 6.07 Å². The van der Waals surface area contributed by atoms with Gasteiger partial charge in [0.1, 0.15) is 11.8 Å². The average molecular weight is 441 g/mol. The van der Waals surface area contributed by atoms with Crippen molar-refractivity contribution in [3.05, 3.63) is 45.1 Å². The number of alkyl halides is 6. The maximum absolute atomic E-state index is 13.3. The molecule has 1 aromatic carbocycles. The first-order valence-corrected chi connectivity index (χ1v) is 7.77. The number of halogens is 8. The van der Waals surface area contributed by atoms with Gasteiger partial charge in [-0.3, -0.25) is 0 Å². The molecule has 0 fully saturated rings. The van der Waals surface area contributed by atoms with Crippen LogP contribution in [0.5, 0.6) is 5.88 Å². The van der Waals surface area contributed by atoms with Gasteiger partial charge in [-0.05, 0) is 12.1 Å². The lowest BCUT2D eigenvalue weighted by Gasteiger charge is -2.13. The van der Waals surface area contributed by atoms with Crippen LogP contribution >= 0.6 is 23.2 Å². The molecule has 0 amide bonds. The molecule has 2 aromatic heterocycles. The zero-order valence-electron chi connectivity index (χ0n) is 13.0. The van der Waals surface area contributed by atoms with Gasteiger partial charge in [0.05, 0.1) is 26.6 Å². The summed E-state index contributed by atoms with van der Waals surface area (Å²) < 4.78 is 79.1. The maximum Gasteiger partial charge on any atom is 0.417 e. The van der Waals surface area contributed by atoms with Gasteiger partial charge in [-0.1, -0.05) is 23.2 Å². The minimum Gasteiger partial charge on any atom is -0.493 e. The molecule has 0 aliphatic carbocycles. The van der Waals surface area contributed by atoms with Gasteiger partial charge >= 0.3 is 12.4 Å². The number of fused-ring (bicyclic) bond motifs is 1. The van der Waals surface area contributed by atoms with E-state index < -0.39 is 61.8 Å². The van der Waals surface area contributed by atoms with Crippen LogP contribution in [0.1, 0.15) is 16.8 Å². The van der Waals surface area contributed by atoms with Crippen LogP contribution in [-0.4, -0.2) is 19.9 Å². The molecular formula is C15H4Cl2F6N4O. The van der Waals surface area contributed by atoms with E-state index in [2.05, 4.69) is 10.1 Å².